The Balaban J connectivity index is 1.92. The third-order valence-electron chi connectivity index (χ3n) is 14.1. The van der Waals surface area contributed by atoms with Gasteiger partial charge in [-0.25, -0.2) is 8.42 Å². The molecular formula is C44H82O8SSi3. The van der Waals surface area contributed by atoms with Gasteiger partial charge in [0.1, 0.15) is 0 Å². The van der Waals surface area contributed by atoms with Crippen LogP contribution in [0.1, 0.15) is 101 Å². The number of ether oxygens (including phenoxy) is 3. The van der Waals surface area contributed by atoms with E-state index >= 15 is 0 Å². The second-order valence-corrected chi connectivity index (χ2v) is 36.3. The summed E-state index contributed by atoms with van der Waals surface area (Å²) in [4.78, 5) is 0.314. The van der Waals surface area contributed by atoms with Gasteiger partial charge < -0.3 is 27.5 Å². The fraction of sp³-hybridized carbons (Fsp3) is 0.818. The lowest BCUT2D eigenvalue weighted by Crippen LogP contribution is -2.49. The van der Waals surface area contributed by atoms with E-state index in [9.17, 15) is 8.42 Å². The molecule has 0 aliphatic carbocycles. The Morgan fingerprint density at radius 1 is 0.875 bits per heavy atom. The molecule has 2 heterocycles. The number of sulfone groups is 1. The van der Waals surface area contributed by atoms with E-state index in [0.717, 1.165) is 49.6 Å². The predicted octanol–water partition coefficient (Wildman–Crippen LogP) is 11.2. The second-order valence-electron chi connectivity index (χ2n) is 19.9. The van der Waals surface area contributed by atoms with Gasteiger partial charge in [0, 0.05) is 32.5 Å². The molecule has 1 aromatic rings. The Morgan fingerprint density at radius 3 is 2.00 bits per heavy atom. The maximum Gasteiger partial charge on any atom is 0.192 e. The molecular weight excluding hydrogens is 773 g/mol. The minimum Gasteiger partial charge on any atom is -0.417 e. The largest absolute Gasteiger partial charge is 0.417 e. The number of hydrogen-bond donors (Lipinski definition) is 0. The molecule has 3 rings (SSSR count). The summed E-state index contributed by atoms with van der Waals surface area (Å²) in [5.74, 6) is -0.217. The van der Waals surface area contributed by atoms with E-state index in [1.807, 2.05) is 6.07 Å². The quantitative estimate of drug-likeness (QED) is 0.0686. The van der Waals surface area contributed by atoms with E-state index in [1.165, 1.54) is 0 Å². The van der Waals surface area contributed by atoms with Crippen LogP contribution in [0.25, 0.3) is 0 Å². The molecule has 0 radical (unpaired) electrons. The summed E-state index contributed by atoms with van der Waals surface area (Å²) in [5, 5.41) is 0.0477. The zero-order valence-corrected chi connectivity index (χ0v) is 42.0. The Morgan fingerprint density at radius 2 is 1.46 bits per heavy atom. The SMILES string of the molecule is C=C1C(C)CC(CCCO[Si](CC)(CC)CC)OC1CC1OC(CC(CO[Si](C)(C)C(C)(C)C)O[Si](C)(C)C(C)(C)C)[C@H](OC)C1CS(=O)(=O)c1ccccc1. The van der Waals surface area contributed by atoms with Crippen molar-refractivity contribution >= 4 is 34.8 Å². The average Bonchev–Trinajstić information content (AvgIpc) is 3.42. The first kappa shape index (κ1) is 49.7. The molecule has 0 amide bonds. The normalized spacial score (nSPS) is 26.5. The van der Waals surface area contributed by atoms with E-state index in [2.05, 4.69) is 102 Å². The van der Waals surface area contributed by atoms with E-state index < -0.39 is 52.9 Å². The first-order valence-corrected chi connectivity index (χ1v) is 31.6. The van der Waals surface area contributed by atoms with Crippen LogP contribution in [0.15, 0.2) is 47.4 Å². The van der Waals surface area contributed by atoms with Crippen LogP contribution in [-0.2, 0) is 37.3 Å². The van der Waals surface area contributed by atoms with Crippen molar-refractivity contribution in [3.8, 4) is 0 Å². The molecule has 8 atom stereocenters. The van der Waals surface area contributed by atoms with Crippen molar-refractivity contribution < 1.29 is 35.9 Å². The molecule has 0 bridgehead atoms. The molecule has 12 heteroatoms. The molecule has 2 saturated heterocycles. The van der Waals surface area contributed by atoms with Gasteiger partial charge in [0.05, 0.1) is 53.9 Å². The van der Waals surface area contributed by atoms with Crippen LogP contribution in [0, 0.1) is 11.8 Å². The van der Waals surface area contributed by atoms with Crippen LogP contribution in [-0.4, -0.2) is 96.1 Å². The standard InChI is InChI=1S/C44H82O8SSi3/c1-17-56(18-2,19-3)48-27-23-24-35-28-33(4)34(5)39(50-35)30-40-38(32-53(45,46)37-25-21-20-22-26-37)42(47-12)41(51-40)29-36(52-55(15,16)44(9,10)11)31-49-54(13,14)43(6,7)8/h20-22,25-26,33,35-36,38-42H,5,17-19,23-24,27-32H2,1-4,6-16H3/t33?,35?,36?,38?,39?,40?,41?,42-/m1/s1. The van der Waals surface area contributed by atoms with Gasteiger partial charge in [0.15, 0.2) is 34.8 Å². The van der Waals surface area contributed by atoms with Gasteiger partial charge in [-0.15, -0.1) is 0 Å². The molecule has 2 fully saturated rings. The van der Waals surface area contributed by atoms with E-state index in [4.69, 9.17) is 27.5 Å². The zero-order valence-electron chi connectivity index (χ0n) is 38.2. The van der Waals surface area contributed by atoms with Gasteiger partial charge in [0.25, 0.3) is 0 Å². The van der Waals surface area contributed by atoms with Crippen molar-refractivity contribution in [2.45, 2.75) is 197 Å². The van der Waals surface area contributed by atoms with Crippen LogP contribution in [0.4, 0.5) is 0 Å². The summed E-state index contributed by atoms with van der Waals surface area (Å²) in [6.07, 6.45) is 2.22. The van der Waals surface area contributed by atoms with Gasteiger partial charge in [0.2, 0.25) is 0 Å². The van der Waals surface area contributed by atoms with Gasteiger partial charge in [-0.2, -0.15) is 0 Å². The Hall–Kier alpha value is -0.679. The highest BCUT2D eigenvalue weighted by molar-refractivity contribution is 7.91. The lowest BCUT2D eigenvalue weighted by molar-refractivity contribution is -0.0759. The predicted molar refractivity (Wildman–Crippen MR) is 240 cm³/mol. The van der Waals surface area contributed by atoms with Crippen molar-refractivity contribution in [2.24, 2.45) is 11.8 Å². The number of benzene rings is 1. The summed E-state index contributed by atoms with van der Waals surface area (Å²) >= 11 is 0. The van der Waals surface area contributed by atoms with Crippen molar-refractivity contribution in [3.63, 3.8) is 0 Å². The summed E-state index contributed by atoms with van der Waals surface area (Å²) < 4.78 is 68.9. The molecule has 324 valence electrons. The van der Waals surface area contributed by atoms with Crippen LogP contribution >= 0.6 is 0 Å². The average molecular weight is 855 g/mol. The highest BCUT2D eigenvalue weighted by Gasteiger charge is 2.50. The van der Waals surface area contributed by atoms with E-state index in [0.29, 0.717) is 24.3 Å². The van der Waals surface area contributed by atoms with Crippen LogP contribution < -0.4 is 0 Å². The molecule has 0 spiro atoms. The molecule has 0 N–H and O–H groups in total. The molecule has 2 aliphatic heterocycles. The first-order chi connectivity index (χ1) is 25.9. The zero-order chi connectivity index (χ0) is 42.3. The molecule has 0 saturated carbocycles. The third-order valence-corrected chi connectivity index (χ3v) is 29.6. The smallest absolute Gasteiger partial charge is 0.192 e. The highest BCUT2D eigenvalue weighted by Crippen LogP contribution is 2.43. The van der Waals surface area contributed by atoms with Crippen LogP contribution in [0.5, 0.6) is 0 Å². The van der Waals surface area contributed by atoms with Gasteiger partial charge in [-0.1, -0.05) is 94.0 Å². The van der Waals surface area contributed by atoms with Gasteiger partial charge in [-0.3, -0.25) is 0 Å². The highest BCUT2D eigenvalue weighted by atomic mass is 32.2. The molecule has 1 aromatic carbocycles. The topological polar surface area (TPSA) is 89.5 Å². The maximum absolute atomic E-state index is 14.1. The fourth-order valence-corrected chi connectivity index (χ4v) is 14.6. The van der Waals surface area contributed by atoms with Crippen LogP contribution in [0.2, 0.25) is 54.4 Å². The number of rotatable bonds is 21. The van der Waals surface area contributed by atoms with Crippen molar-refractivity contribution in [3.05, 3.63) is 42.5 Å². The number of hydrogen-bond acceptors (Lipinski definition) is 8. The Labute approximate surface area is 346 Å². The van der Waals surface area contributed by atoms with Crippen molar-refractivity contribution in [1.29, 1.82) is 0 Å². The number of methoxy groups -OCH3 is 1. The fourth-order valence-electron chi connectivity index (χ4n) is 7.83. The van der Waals surface area contributed by atoms with Gasteiger partial charge >= 0.3 is 0 Å². The molecule has 0 aromatic heterocycles. The summed E-state index contributed by atoms with van der Waals surface area (Å²) in [7, 11) is -7.92. The summed E-state index contributed by atoms with van der Waals surface area (Å²) in [5.41, 5.74) is 1.06. The minimum absolute atomic E-state index is 0.000640. The lowest BCUT2D eigenvalue weighted by Gasteiger charge is -2.42. The monoisotopic (exact) mass is 855 g/mol. The minimum atomic E-state index is -3.65. The maximum atomic E-state index is 14.1. The Bertz CT molecular complexity index is 1460. The molecule has 56 heavy (non-hydrogen) atoms. The summed E-state index contributed by atoms with van der Waals surface area (Å²) in [6, 6.07) is 12.2. The van der Waals surface area contributed by atoms with Crippen LogP contribution in [0.3, 0.4) is 0 Å². The first-order valence-electron chi connectivity index (χ1n) is 21.6. The molecule has 8 nitrogen and oxygen atoms in total. The van der Waals surface area contributed by atoms with Crippen molar-refractivity contribution in [1.82, 2.24) is 0 Å². The van der Waals surface area contributed by atoms with Gasteiger partial charge in [-0.05, 0) is 97.3 Å². The van der Waals surface area contributed by atoms with Crippen molar-refractivity contribution in [2.75, 3.05) is 26.1 Å². The van der Waals surface area contributed by atoms with E-state index in [-0.39, 0.29) is 46.2 Å². The second kappa shape index (κ2) is 20.3. The lowest BCUT2D eigenvalue weighted by atomic mass is 9.83. The molecule has 7 unspecified atom stereocenters. The Kier molecular flexibility index (Phi) is 18.0. The summed E-state index contributed by atoms with van der Waals surface area (Å²) in [6.45, 7) is 37.4. The third kappa shape index (κ3) is 12.9. The van der Waals surface area contributed by atoms with E-state index in [1.54, 1.807) is 31.4 Å². The molecule has 2 aliphatic rings.